The summed E-state index contributed by atoms with van der Waals surface area (Å²) < 4.78 is 0. The summed E-state index contributed by atoms with van der Waals surface area (Å²) in [4.78, 5) is 39.3. The van der Waals surface area contributed by atoms with Crippen LogP contribution in [-0.2, 0) is 0 Å². The molecule has 148 valence electrons. The van der Waals surface area contributed by atoms with Crippen molar-refractivity contribution in [1.29, 1.82) is 0 Å². The van der Waals surface area contributed by atoms with E-state index in [4.69, 9.17) is 0 Å². The maximum absolute atomic E-state index is 12.4. The molecule has 0 bridgehead atoms. The maximum atomic E-state index is 12.4. The van der Waals surface area contributed by atoms with Crippen LogP contribution in [0, 0.1) is 0 Å². The number of amides is 2. The van der Waals surface area contributed by atoms with E-state index in [-0.39, 0.29) is 24.2 Å². The van der Waals surface area contributed by atoms with Crippen LogP contribution in [0.1, 0.15) is 33.6 Å². The van der Waals surface area contributed by atoms with Crippen molar-refractivity contribution in [2.24, 2.45) is 0 Å². The molecule has 28 heavy (non-hydrogen) atoms. The van der Waals surface area contributed by atoms with Gasteiger partial charge in [0.15, 0.2) is 0 Å². The van der Waals surface area contributed by atoms with Crippen LogP contribution < -0.4 is 4.90 Å². The van der Waals surface area contributed by atoms with Gasteiger partial charge in [0.25, 0.3) is 11.8 Å². The Hall–Kier alpha value is -2.51. The predicted molar refractivity (Wildman–Crippen MR) is 109 cm³/mol. The second kappa shape index (κ2) is 9.12. The largest absolute Gasteiger partial charge is 0.338 e. The minimum atomic E-state index is -0.160. The van der Waals surface area contributed by atoms with E-state index in [0.29, 0.717) is 17.7 Å². The normalized spacial score (nSPS) is 16.9. The van der Waals surface area contributed by atoms with Gasteiger partial charge in [0, 0.05) is 45.1 Å². The molecule has 7 nitrogen and oxygen atoms in total. The van der Waals surface area contributed by atoms with Crippen LogP contribution in [0.2, 0.25) is 0 Å². The quantitative estimate of drug-likeness (QED) is 0.545. The standard InChI is InChI=1S/C20H23N5O2.ClH/c26-18-16-6-1-2-7-17(16)19(27)25(18)11-4-3-10-23-12-14-24(15-13-23)20-21-8-5-9-22-20;/h1-2,5-9H,3-4,10-15H2;1H. The van der Waals surface area contributed by atoms with Crippen LogP contribution in [0.4, 0.5) is 5.95 Å². The summed E-state index contributed by atoms with van der Waals surface area (Å²) in [5, 5.41) is 0. The number of nitrogens with zero attached hydrogens (tertiary/aromatic N) is 5. The van der Waals surface area contributed by atoms with E-state index in [1.54, 1.807) is 36.7 Å². The monoisotopic (exact) mass is 401 g/mol. The fraction of sp³-hybridized carbons (Fsp3) is 0.400. The van der Waals surface area contributed by atoms with Crippen LogP contribution in [0.5, 0.6) is 0 Å². The number of unbranched alkanes of at least 4 members (excludes halogenated alkanes) is 1. The Balaban J connectivity index is 0.00000225. The molecule has 1 saturated heterocycles. The summed E-state index contributed by atoms with van der Waals surface area (Å²) in [5.74, 6) is 0.474. The highest BCUT2D eigenvalue weighted by molar-refractivity contribution is 6.21. The third-order valence-corrected chi connectivity index (χ3v) is 5.19. The van der Waals surface area contributed by atoms with Gasteiger partial charge in [-0.15, -0.1) is 12.4 Å². The molecule has 3 heterocycles. The molecular weight excluding hydrogens is 378 g/mol. The zero-order valence-corrected chi connectivity index (χ0v) is 16.5. The number of hydrogen-bond acceptors (Lipinski definition) is 6. The first kappa shape index (κ1) is 20.2. The van der Waals surface area contributed by atoms with Gasteiger partial charge in [0.2, 0.25) is 5.95 Å². The number of halogens is 1. The van der Waals surface area contributed by atoms with Crippen molar-refractivity contribution in [3.05, 3.63) is 53.9 Å². The molecule has 0 radical (unpaired) electrons. The van der Waals surface area contributed by atoms with Crippen molar-refractivity contribution in [3.8, 4) is 0 Å². The lowest BCUT2D eigenvalue weighted by Gasteiger charge is -2.34. The fourth-order valence-electron chi connectivity index (χ4n) is 3.67. The highest BCUT2D eigenvalue weighted by Gasteiger charge is 2.34. The summed E-state index contributed by atoms with van der Waals surface area (Å²) in [6.45, 7) is 5.26. The van der Waals surface area contributed by atoms with E-state index in [0.717, 1.165) is 51.5 Å². The molecule has 0 aliphatic carbocycles. The Kier molecular flexibility index (Phi) is 6.59. The maximum Gasteiger partial charge on any atom is 0.261 e. The van der Waals surface area contributed by atoms with E-state index >= 15 is 0 Å². The van der Waals surface area contributed by atoms with Crippen molar-refractivity contribution in [3.63, 3.8) is 0 Å². The van der Waals surface area contributed by atoms with Crippen molar-refractivity contribution >= 4 is 30.2 Å². The SMILES string of the molecule is Cl.O=C1c2ccccc2C(=O)N1CCCCN1CCN(c2ncccn2)CC1. The van der Waals surface area contributed by atoms with Gasteiger partial charge < -0.3 is 4.90 Å². The lowest BCUT2D eigenvalue weighted by atomic mass is 10.1. The number of imide groups is 1. The average Bonchev–Trinajstić information content (AvgIpc) is 2.97. The van der Waals surface area contributed by atoms with Crippen molar-refractivity contribution in [1.82, 2.24) is 19.8 Å². The number of aromatic nitrogens is 2. The van der Waals surface area contributed by atoms with Crippen molar-refractivity contribution in [2.75, 3.05) is 44.2 Å². The van der Waals surface area contributed by atoms with Crippen LogP contribution in [0.3, 0.4) is 0 Å². The van der Waals surface area contributed by atoms with Crippen molar-refractivity contribution < 1.29 is 9.59 Å². The van der Waals surface area contributed by atoms with Gasteiger partial charge in [-0.1, -0.05) is 12.1 Å². The number of hydrogen-bond donors (Lipinski definition) is 0. The third-order valence-electron chi connectivity index (χ3n) is 5.19. The molecule has 0 saturated carbocycles. The van der Waals surface area contributed by atoms with Crippen LogP contribution in [0.15, 0.2) is 42.7 Å². The minimum Gasteiger partial charge on any atom is -0.338 e. The van der Waals surface area contributed by atoms with E-state index in [1.807, 2.05) is 6.07 Å². The smallest absolute Gasteiger partial charge is 0.261 e. The van der Waals surface area contributed by atoms with Gasteiger partial charge in [0.05, 0.1) is 11.1 Å². The van der Waals surface area contributed by atoms with Gasteiger partial charge in [-0.3, -0.25) is 19.4 Å². The molecule has 2 aliphatic rings. The molecule has 2 aliphatic heterocycles. The number of carbonyl (C=O) groups is 2. The summed E-state index contributed by atoms with van der Waals surface area (Å²) in [7, 11) is 0. The van der Waals surface area contributed by atoms with Gasteiger partial charge in [-0.25, -0.2) is 9.97 Å². The molecule has 4 rings (SSSR count). The zero-order valence-electron chi connectivity index (χ0n) is 15.7. The number of fused-ring (bicyclic) bond motifs is 1. The lowest BCUT2D eigenvalue weighted by molar-refractivity contribution is 0.0650. The number of carbonyl (C=O) groups excluding carboxylic acids is 2. The Morgan fingerprint density at radius 2 is 1.36 bits per heavy atom. The minimum absolute atomic E-state index is 0. The summed E-state index contributed by atoms with van der Waals surface area (Å²) >= 11 is 0. The Morgan fingerprint density at radius 1 is 0.786 bits per heavy atom. The molecule has 2 aromatic rings. The fourth-order valence-corrected chi connectivity index (χ4v) is 3.67. The van der Waals surface area contributed by atoms with Crippen molar-refractivity contribution in [2.45, 2.75) is 12.8 Å². The first-order chi connectivity index (χ1) is 13.2. The summed E-state index contributed by atoms with van der Waals surface area (Å²) in [5.41, 5.74) is 1.06. The first-order valence-electron chi connectivity index (χ1n) is 9.43. The number of rotatable bonds is 6. The molecule has 1 aromatic carbocycles. The zero-order chi connectivity index (χ0) is 18.6. The molecule has 0 atom stereocenters. The van der Waals surface area contributed by atoms with Gasteiger partial charge in [-0.05, 0) is 37.6 Å². The molecule has 8 heteroatoms. The summed E-state index contributed by atoms with van der Waals surface area (Å²) in [6, 6.07) is 8.88. The molecule has 1 aromatic heterocycles. The molecule has 0 N–H and O–H groups in total. The highest BCUT2D eigenvalue weighted by atomic mass is 35.5. The predicted octanol–water partition coefficient (Wildman–Crippen LogP) is 2.10. The average molecular weight is 402 g/mol. The second-order valence-electron chi connectivity index (χ2n) is 6.89. The molecule has 0 unspecified atom stereocenters. The number of piperazine rings is 1. The second-order valence-corrected chi connectivity index (χ2v) is 6.89. The van der Waals surface area contributed by atoms with E-state index < -0.39 is 0 Å². The summed E-state index contributed by atoms with van der Waals surface area (Å²) in [6.07, 6.45) is 5.34. The first-order valence-corrected chi connectivity index (χ1v) is 9.43. The molecule has 2 amide bonds. The topological polar surface area (TPSA) is 69.6 Å². The van der Waals surface area contributed by atoms with Gasteiger partial charge in [-0.2, -0.15) is 0 Å². The number of anilines is 1. The number of benzene rings is 1. The molecule has 1 fully saturated rings. The molecular formula is C20H24ClN5O2. The highest BCUT2D eigenvalue weighted by Crippen LogP contribution is 2.22. The Morgan fingerprint density at radius 3 is 1.96 bits per heavy atom. The van der Waals surface area contributed by atoms with Crippen LogP contribution >= 0.6 is 12.4 Å². The lowest BCUT2D eigenvalue weighted by Crippen LogP contribution is -2.47. The Labute approximate surface area is 170 Å². The molecule has 0 spiro atoms. The van der Waals surface area contributed by atoms with Gasteiger partial charge in [0.1, 0.15) is 0 Å². The van der Waals surface area contributed by atoms with Crippen LogP contribution in [0.25, 0.3) is 0 Å². The Bertz CT molecular complexity index is 789. The third kappa shape index (κ3) is 4.15. The van der Waals surface area contributed by atoms with Gasteiger partial charge >= 0.3 is 0 Å². The van der Waals surface area contributed by atoms with E-state index in [1.165, 1.54) is 4.90 Å². The van der Waals surface area contributed by atoms with Crippen LogP contribution in [-0.4, -0.2) is 70.9 Å². The van der Waals surface area contributed by atoms with E-state index in [9.17, 15) is 9.59 Å². The van der Waals surface area contributed by atoms with E-state index in [2.05, 4.69) is 19.8 Å².